The Balaban J connectivity index is 2.25. The first-order chi connectivity index (χ1) is 7.63. The van der Waals surface area contributed by atoms with Gasteiger partial charge in [-0.3, -0.25) is 9.59 Å². The second kappa shape index (κ2) is 6.51. The van der Waals surface area contributed by atoms with Gasteiger partial charge in [-0.1, -0.05) is 19.8 Å². The molecule has 0 bridgehead atoms. The summed E-state index contributed by atoms with van der Waals surface area (Å²) in [6.07, 6.45) is 5.17. The Hall–Kier alpha value is -1.06. The van der Waals surface area contributed by atoms with Gasteiger partial charge in [0.1, 0.15) is 0 Å². The van der Waals surface area contributed by atoms with Crippen molar-refractivity contribution in [2.45, 2.75) is 45.4 Å². The average molecular weight is 226 g/mol. The number of carbonyl (C=O) groups excluding carboxylic acids is 2. The summed E-state index contributed by atoms with van der Waals surface area (Å²) in [7, 11) is 0. The number of rotatable bonds is 6. The van der Waals surface area contributed by atoms with Crippen molar-refractivity contribution in [3.63, 3.8) is 0 Å². The van der Waals surface area contributed by atoms with Crippen LogP contribution in [0.4, 0.5) is 0 Å². The molecular formula is C12H22N2O2. The molecule has 1 saturated heterocycles. The lowest BCUT2D eigenvalue weighted by molar-refractivity contribution is -0.135. The molecule has 1 fully saturated rings. The quantitative estimate of drug-likeness (QED) is 0.741. The number of primary amides is 1. The summed E-state index contributed by atoms with van der Waals surface area (Å²) >= 11 is 0. The molecule has 0 aliphatic carbocycles. The molecule has 1 aliphatic heterocycles. The van der Waals surface area contributed by atoms with Crippen molar-refractivity contribution in [2.24, 2.45) is 11.7 Å². The Kier molecular flexibility index (Phi) is 5.29. The molecule has 2 amide bonds. The van der Waals surface area contributed by atoms with Gasteiger partial charge in [0.2, 0.25) is 11.8 Å². The molecule has 0 saturated carbocycles. The van der Waals surface area contributed by atoms with E-state index >= 15 is 0 Å². The van der Waals surface area contributed by atoms with Gasteiger partial charge in [-0.2, -0.15) is 0 Å². The SMILES string of the molecule is CCCC1CCN(CCCC(N)=O)C(=O)C1. The zero-order valence-electron chi connectivity index (χ0n) is 10.1. The van der Waals surface area contributed by atoms with E-state index in [1.54, 1.807) is 0 Å². The van der Waals surface area contributed by atoms with Crippen LogP contribution in [-0.2, 0) is 9.59 Å². The van der Waals surface area contributed by atoms with Crippen LogP contribution in [0.3, 0.4) is 0 Å². The molecule has 1 heterocycles. The molecule has 1 rings (SSSR count). The van der Waals surface area contributed by atoms with E-state index in [0.29, 0.717) is 31.7 Å². The zero-order valence-corrected chi connectivity index (χ0v) is 10.1. The number of amides is 2. The van der Waals surface area contributed by atoms with Crippen LogP contribution in [-0.4, -0.2) is 29.8 Å². The summed E-state index contributed by atoms with van der Waals surface area (Å²) in [5.74, 6) is 0.535. The lowest BCUT2D eigenvalue weighted by Crippen LogP contribution is -2.39. The van der Waals surface area contributed by atoms with Gasteiger partial charge in [0.25, 0.3) is 0 Å². The van der Waals surface area contributed by atoms with Gasteiger partial charge < -0.3 is 10.6 Å². The van der Waals surface area contributed by atoms with Crippen LogP contribution in [0.15, 0.2) is 0 Å². The number of piperidine rings is 1. The highest BCUT2D eigenvalue weighted by Gasteiger charge is 2.24. The van der Waals surface area contributed by atoms with Gasteiger partial charge >= 0.3 is 0 Å². The Morgan fingerprint density at radius 3 is 2.88 bits per heavy atom. The predicted molar refractivity (Wildman–Crippen MR) is 62.6 cm³/mol. The maximum atomic E-state index is 11.8. The number of carbonyl (C=O) groups is 2. The molecular weight excluding hydrogens is 204 g/mol. The minimum absolute atomic E-state index is 0.245. The van der Waals surface area contributed by atoms with Crippen LogP contribution in [0.1, 0.15) is 45.4 Å². The molecule has 92 valence electrons. The summed E-state index contributed by atoms with van der Waals surface area (Å²) in [4.78, 5) is 24.2. The smallest absolute Gasteiger partial charge is 0.222 e. The summed E-state index contributed by atoms with van der Waals surface area (Å²) in [6.45, 7) is 3.69. The minimum atomic E-state index is -0.284. The molecule has 2 N–H and O–H groups in total. The molecule has 0 radical (unpaired) electrons. The highest BCUT2D eigenvalue weighted by atomic mass is 16.2. The topological polar surface area (TPSA) is 63.4 Å². The monoisotopic (exact) mass is 226 g/mol. The van der Waals surface area contributed by atoms with E-state index in [1.165, 1.54) is 0 Å². The fraction of sp³-hybridized carbons (Fsp3) is 0.833. The molecule has 1 aliphatic rings. The standard InChI is InChI=1S/C12H22N2O2/c1-2-4-10-6-8-14(12(16)9-10)7-3-5-11(13)15/h10H,2-9H2,1H3,(H2,13,15). The third-order valence-corrected chi connectivity index (χ3v) is 3.17. The fourth-order valence-corrected chi connectivity index (χ4v) is 2.28. The minimum Gasteiger partial charge on any atom is -0.370 e. The van der Waals surface area contributed by atoms with Crippen LogP contribution >= 0.6 is 0 Å². The van der Waals surface area contributed by atoms with E-state index in [-0.39, 0.29) is 11.8 Å². The lowest BCUT2D eigenvalue weighted by atomic mass is 9.92. The summed E-state index contributed by atoms with van der Waals surface area (Å²) in [5, 5.41) is 0. The Morgan fingerprint density at radius 1 is 1.56 bits per heavy atom. The van der Waals surface area contributed by atoms with Gasteiger partial charge in [0.05, 0.1) is 0 Å². The predicted octanol–water partition coefficient (Wildman–Crippen LogP) is 1.29. The van der Waals surface area contributed by atoms with Crippen molar-refractivity contribution in [3.05, 3.63) is 0 Å². The normalized spacial score (nSPS) is 21.2. The highest BCUT2D eigenvalue weighted by molar-refractivity contribution is 5.77. The van der Waals surface area contributed by atoms with Crippen LogP contribution in [0.2, 0.25) is 0 Å². The zero-order chi connectivity index (χ0) is 12.0. The Morgan fingerprint density at radius 2 is 2.31 bits per heavy atom. The molecule has 0 aromatic carbocycles. The molecule has 0 spiro atoms. The molecule has 1 unspecified atom stereocenters. The van der Waals surface area contributed by atoms with E-state index in [4.69, 9.17) is 5.73 Å². The number of hydrogen-bond donors (Lipinski definition) is 1. The summed E-state index contributed by atoms with van der Waals surface area (Å²) in [6, 6.07) is 0. The van der Waals surface area contributed by atoms with Crippen molar-refractivity contribution < 1.29 is 9.59 Å². The number of likely N-dealkylation sites (tertiary alicyclic amines) is 1. The van der Waals surface area contributed by atoms with Gasteiger partial charge in [-0.15, -0.1) is 0 Å². The van der Waals surface area contributed by atoms with E-state index in [2.05, 4.69) is 6.92 Å². The molecule has 4 nitrogen and oxygen atoms in total. The van der Waals surface area contributed by atoms with Crippen LogP contribution < -0.4 is 5.73 Å². The summed E-state index contributed by atoms with van der Waals surface area (Å²) in [5.41, 5.74) is 5.06. The van der Waals surface area contributed by atoms with Gasteiger partial charge in [-0.05, 0) is 18.8 Å². The van der Waals surface area contributed by atoms with Crippen molar-refractivity contribution in [1.29, 1.82) is 0 Å². The first-order valence-electron chi connectivity index (χ1n) is 6.19. The maximum Gasteiger partial charge on any atom is 0.222 e. The molecule has 0 aromatic heterocycles. The second-order valence-electron chi connectivity index (χ2n) is 4.60. The number of nitrogens with zero attached hydrogens (tertiary/aromatic N) is 1. The third-order valence-electron chi connectivity index (χ3n) is 3.17. The molecule has 16 heavy (non-hydrogen) atoms. The third kappa shape index (κ3) is 4.21. The van der Waals surface area contributed by atoms with Gasteiger partial charge in [-0.25, -0.2) is 0 Å². The number of hydrogen-bond acceptors (Lipinski definition) is 2. The van der Waals surface area contributed by atoms with Crippen LogP contribution in [0.25, 0.3) is 0 Å². The van der Waals surface area contributed by atoms with Crippen molar-refractivity contribution >= 4 is 11.8 Å². The van der Waals surface area contributed by atoms with Gasteiger partial charge in [0, 0.05) is 25.9 Å². The van der Waals surface area contributed by atoms with Crippen molar-refractivity contribution in [3.8, 4) is 0 Å². The highest BCUT2D eigenvalue weighted by Crippen LogP contribution is 2.22. The molecule has 0 aromatic rings. The Bertz CT molecular complexity index is 253. The van der Waals surface area contributed by atoms with Crippen molar-refractivity contribution in [1.82, 2.24) is 4.90 Å². The largest absolute Gasteiger partial charge is 0.370 e. The first kappa shape index (κ1) is 13.0. The van der Waals surface area contributed by atoms with E-state index in [0.717, 1.165) is 25.8 Å². The molecule has 4 heteroatoms. The van der Waals surface area contributed by atoms with E-state index in [9.17, 15) is 9.59 Å². The summed E-state index contributed by atoms with van der Waals surface area (Å²) < 4.78 is 0. The van der Waals surface area contributed by atoms with E-state index < -0.39 is 0 Å². The van der Waals surface area contributed by atoms with Gasteiger partial charge in [0.15, 0.2) is 0 Å². The average Bonchev–Trinajstić information content (AvgIpc) is 2.21. The first-order valence-corrected chi connectivity index (χ1v) is 6.19. The molecule has 1 atom stereocenters. The number of nitrogens with two attached hydrogens (primary N) is 1. The Labute approximate surface area is 97.2 Å². The van der Waals surface area contributed by atoms with E-state index in [1.807, 2.05) is 4.90 Å². The fourth-order valence-electron chi connectivity index (χ4n) is 2.28. The van der Waals surface area contributed by atoms with Crippen LogP contribution in [0, 0.1) is 5.92 Å². The van der Waals surface area contributed by atoms with Crippen molar-refractivity contribution in [2.75, 3.05) is 13.1 Å². The maximum absolute atomic E-state index is 11.8. The second-order valence-corrected chi connectivity index (χ2v) is 4.60. The van der Waals surface area contributed by atoms with Crippen LogP contribution in [0.5, 0.6) is 0 Å². The lowest BCUT2D eigenvalue weighted by Gasteiger charge is -2.31.